The molecule has 3 saturated heterocycles. The first kappa shape index (κ1) is 29.2. The number of para-hydroxylation sites is 1. The number of aromatic carboxylic acids is 1. The fourth-order valence-electron chi connectivity index (χ4n) is 6.99. The van der Waals surface area contributed by atoms with Gasteiger partial charge in [-0.25, -0.2) is 14.2 Å². The van der Waals surface area contributed by atoms with E-state index >= 15 is 0 Å². The number of imidazole rings is 1. The molecule has 11 heteroatoms. The van der Waals surface area contributed by atoms with Crippen LogP contribution in [-0.4, -0.2) is 60.8 Å². The Labute approximate surface area is 272 Å². The van der Waals surface area contributed by atoms with Crippen molar-refractivity contribution in [1.82, 2.24) is 14.5 Å². The van der Waals surface area contributed by atoms with Crippen molar-refractivity contribution in [3.63, 3.8) is 0 Å². The molecule has 1 N–H and O–H groups in total. The van der Waals surface area contributed by atoms with Gasteiger partial charge in [-0.15, -0.1) is 0 Å². The van der Waals surface area contributed by atoms with E-state index in [0.29, 0.717) is 39.5 Å². The fourth-order valence-corrected chi connectivity index (χ4v) is 8.97. The lowest BCUT2D eigenvalue weighted by Gasteiger charge is -2.34. The Morgan fingerprint density at radius 2 is 1.89 bits per heavy atom. The molecule has 0 saturated carbocycles. The van der Waals surface area contributed by atoms with Gasteiger partial charge in [0.25, 0.3) is 0 Å². The largest absolute Gasteiger partial charge is 0.480 e. The zero-order chi connectivity index (χ0) is 30.8. The highest BCUT2D eigenvalue weighted by atomic mass is 35.5. The molecule has 5 heterocycles. The van der Waals surface area contributed by atoms with Gasteiger partial charge in [0.05, 0.1) is 43.8 Å². The molecule has 0 spiro atoms. The van der Waals surface area contributed by atoms with Gasteiger partial charge >= 0.3 is 5.97 Å². The van der Waals surface area contributed by atoms with Gasteiger partial charge in [0.15, 0.2) is 0 Å². The smallest absolute Gasteiger partial charge is 0.335 e. The third kappa shape index (κ3) is 5.38. The molecule has 8 rings (SSSR count). The third-order valence-corrected chi connectivity index (χ3v) is 11.7. The van der Waals surface area contributed by atoms with Crippen molar-refractivity contribution >= 4 is 54.8 Å². The highest BCUT2D eigenvalue weighted by molar-refractivity contribution is 6.53. The fraction of sp³-hybridized carbons (Fsp3) is 0.353. The summed E-state index contributed by atoms with van der Waals surface area (Å²) in [7, 11) is 0.747. The number of nitrogens with zero attached hydrogens (tertiary/aromatic N) is 3. The molecule has 45 heavy (non-hydrogen) atoms. The van der Waals surface area contributed by atoms with Crippen molar-refractivity contribution in [1.29, 1.82) is 0 Å². The molecule has 7 nitrogen and oxygen atoms in total. The number of carbonyl (C=O) groups is 1. The molecule has 0 aliphatic carbocycles. The van der Waals surface area contributed by atoms with Crippen LogP contribution in [0.2, 0.25) is 10.6 Å². The maximum absolute atomic E-state index is 14.8. The van der Waals surface area contributed by atoms with Crippen LogP contribution in [0, 0.1) is 5.82 Å². The summed E-state index contributed by atoms with van der Waals surface area (Å²) in [5, 5.41) is 10.5. The normalized spacial score (nSPS) is 24.9. The van der Waals surface area contributed by atoms with Crippen LogP contribution < -0.4 is 4.74 Å². The van der Waals surface area contributed by atoms with Crippen molar-refractivity contribution in [2.24, 2.45) is 0 Å². The summed E-state index contributed by atoms with van der Waals surface area (Å²) in [4.78, 5) is 19.2. The predicted octanol–water partition coefficient (Wildman–Crippen LogP) is 7.41. The molecule has 4 aliphatic heterocycles. The summed E-state index contributed by atoms with van der Waals surface area (Å²) in [6.45, 7) is 3.27. The zero-order valence-corrected chi connectivity index (χ0v) is 26.8. The van der Waals surface area contributed by atoms with E-state index in [4.69, 9.17) is 37.7 Å². The molecule has 3 unspecified atom stereocenters. The van der Waals surface area contributed by atoms with Crippen LogP contribution in [0.3, 0.4) is 0 Å². The highest BCUT2D eigenvalue weighted by Gasteiger charge is 2.49. The second-order valence-corrected chi connectivity index (χ2v) is 14.7. The molecule has 3 aromatic carbocycles. The maximum atomic E-state index is 14.8. The summed E-state index contributed by atoms with van der Waals surface area (Å²) in [6.07, 6.45) is 4.34. The van der Waals surface area contributed by atoms with Crippen LogP contribution in [0.25, 0.3) is 16.1 Å². The number of piperidine rings is 1. The Bertz CT molecular complexity index is 1850. The maximum Gasteiger partial charge on any atom is 0.335 e. The Hall–Kier alpha value is -3.21. The van der Waals surface area contributed by atoms with E-state index in [1.165, 1.54) is 6.07 Å². The summed E-state index contributed by atoms with van der Waals surface area (Å²) in [6, 6.07) is 15.9. The molecule has 3 fully saturated rings. The number of carboxylic acids is 1. The molecule has 1 aromatic heterocycles. The first-order valence-corrected chi connectivity index (χ1v) is 17.2. The lowest BCUT2D eigenvalue weighted by atomic mass is 9.87. The summed E-state index contributed by atoms with van der Waals surface area (Å²) in [5.74, 6) is 0.606. The lowest BCUT2D eigenvalue weighted by molar-refractivity contribution is -0.0494. The number of ether oxygens (including phenoxy) is 2. The third-order valence-electron chi connectivity index (χ3n) is 9.52. The molecule has 4 aliphatic rings. The number of carboxylic acid groups (broad SMARTS) is 1. The lowest BCUT2D eigenvalue weighted by Crippen LogP contribution is -2.33. The standard InChI is InChI=1S/C34H30Cl2FN3O4Si/c35-20-5-6-23(25(37)15-20)29-16-24(36)22-3-1-2-21(31(22)44-29)18-8-11-39(12-9-18)17-30-38-26-7-4-19(34(41)42)14-27(26)40(30)33-32(45-33)28-10-13-43-28/h1-7,14-16,18,28-29,32-33H,8-13,17H2,(H,41,42)/t28?,29-,32?,33?/m0/s1. The van der Waals surface area contributed by atoms with Crippen LogP contribution in [0.1, 0.15) is 69.8 Å². The second-order valence-electron chi connectivity index (χ2n) is 12.2. The molecular formula is C34H30Cl2FN3O4Si. The number of hydrogen-bond acceptors (Lipinski definition) is 5. The van der Waals surface area contributed by atoms with E-state index in [0.717, 1.165) is 82.2 Å². The van der Waals surface area contributed by atoms with Crippen molar-refractivity contribution < 1.29 is 23.8 Å². The van der Waals surface area contributed by atoms with Crippen LogP contribution in [-0.2, 0) is 11.3 Å². The summed E-state index contributed by atoms with van der Waals surface area (Å²) < 4.78 is 29.4. The molecule has 0 bridgehead atoms. The minimum absolute atomic E-state index is 0.261. The minimum atomic E-state index is -0.932. The first-order valence-electron chi connectivity index (χ1n) is 15.3. The number of aromatic nitrogens is 2. The van der Waals surface area contributed by atoms with E-state index in [9.17, 15) is 14.3 Å². The van der Waals surface area contributed by atoms with E-state index < -0.39 is 17.9 Å². The number of hydrogen-bond donors (Lipinski definition) is 1. The Kier molecular flexibility index (Phi) is 7.49. The average Bonchev–Trinajstić information content (AvgIpc) is 3.67. The number of benzene rings is 3. The number of halogens is 3. The quantitative estimate of drug-likeness (QED) is 0.208. The molecule has 0 amide bonds. The second kappa shape index (κ2) is 11.5. The summed E-state index contributed by atoms with van der Waals surface area (Å²) in [5.41, 5.74) is 5.10. The zero-order valence-electron chi connectivity index (χ0n) is 24.3. The van der Waals surface area contributed by atoms with Gasteiger partial charge in [0.2, 0.25) is 0 Å². The predicted molar refractivity (Wildman–Crippen MR) is 172 cm³/mol. The first-order chi connectivity index (χ1) is 21.8. The highest BCUT2D eigenvalue weighted by Crippen LogP contribution is 2.50. The van der Waals surface area contributed by atoms with Crippen LogP contribution in [0.5, 0.6) is 5.75 Å². The topological polar surface area (TPSA) is 76.8 Å². The Morgan fingerprint density at radius 1 is 1.07 bits per heavy atom. The van der Waals surface area contributed by atoms with E-state index in [-0.39, 0.29) is 11.5 Å². The van der Waals surface area contributed by atoms with Crippen LogP contribution >= 0.6 is 23.2 Å². The van der Waals surface area contributed by atoms with Gasteiger partial charge < -0.3 is 19.1 Å². The Balaban J connectivity index is 1.02. The van der Waals surface area contributed by atoms with Crippen LogP contribution in [0.15, 0.2) is 60.7 Å². The molecule has 4 aromatic rings. The number of rotatable bonds is 7. The summed E-state index contributed by atoms with van der Waals surface area (Å²) >= 11 is 12.7. The number of fused-ring (bicyclic) bond motifs is 2. The van der Waals surface area contributed by atoms with E-state index in [1.54, 1.807) is 30.3 Å². The van der Waals surface area contributed by atoms with Crippen molar-refractivity contribution in [2.45, 2.75) is 55.1 Å². The van der Waals surface area contributed by atoms with Crippen molar-refractivity contribution in [3.05, 3.63) is 99.6 Å². The van der Waals surface area contributed by atoms with Gasteiger partial charge in [-0.05, 0) is 91.8 Å². The van der Waals surface area contributed by atoms with Crippen LogP contribution in [0.4, 0.5) is 4.39 Å². The van der Waals surface area contributed by atoms with Gasteiger partial charge in [0, 0.05) is 28.4 Å². The molecular weight excluding hydrogens is 632 g/mol. The number of likely N-dealkylation sites (tertiary alicyclic amines) is 1. The Morgan fingerprint density at radius 3 is 2.62 bits per heavy atom. The molecule has 230 valence electrons. The molecule has 2 radical (unpaired) electrons. The SMILES string of the molecule is O=C(O)c1ccc2nc(CN3CCC(c4cccc5c4O[C@H](c4ccc(Cl)cc4F)C=C5Cl)CC3)n(C3[Si]C3C3CCO3)c2c1. The average molecular weight is 663 g/mol. The monoisotopic (exact) mass is 661 g/mol. The minimum Gasteiger partial charge on any atom is -0.480 e. The van der Waals surface area contributed by atoms with Gasteiger partial charge in [-0.1, -0.05) is 41.4 Å². The van der Waals surface area contributed by atoms with Crippen molar-refractivity contribution in [3.8, 4) is 5.75 Å². The van der Waals surface area contributed by atoms with E-state index in [1.807, 2.05) is 18.2 Å². The molecule has 4 atom stereocenters. The van der Waals surface area contributed by atoms with E-state index in [2.05, 4.69) is 15.5 Å². The van der Waals surface area contributed by atoms with Crippen molar-refractivity contribution in [2.75, 3.05) is 19.7 Å². The van der Waals surface area contributed by atoms with Gasteiger partial charge in [-0.2, -0.15) is 0 Å². The van der Waals surface area contributed by atoms with Gasteiger partial charge in [0.1, 0.15) is 23.5 Å². The van der Waals surface area contributed by atoms with Gasteiger partial charge in [-0.3, -0.25) is 4.90 Å².